The summed E-state index contributed by atoms with van der Waals surface area (Å²) < 4.78 is 0. The SMILES string of the molecule is CC(C)(C)c1ccc(N2C3CCC2CC(O)C3)cc1. The van der Waals surface area contributed by atoms with Gasteiger partial charge in [-0.05, 0) is 48.8 Å². The third kappa shape index (κ3) is 2.38. The van der Waals surface area contributed by atoms with E-state index in [1.807, 2.05) is 0 Å². The molecule has 1 aromatic carbocycles. The Morgan fingerprint density at radius 2 is 1.53 bits per heavy atom. The molecule has 2 atom stereocenters. The van der Waals surface area contributed by atoms with Crippen molar-refractivity contribution >= 4 is 5.69 Å². The zero-order chi connectivity index (χ0) is 13.6. The number of benzene rings is 1. The summed E-state index contributed by atoms with van der Waals surface area (Å²) in [4.78, 5) is 2.55. The third-order valence-corrected chi connectivity index (χ3v) is 4.74. The largest absolute Gasteiger partial charge is 0.393 e. The van der Waals surface area contributed by atoms with E-state index in [1.54, 1.807) is 0 Å². The molecular formula is C17H25NO. The minimum Gasteiger partial charge on any atom is -0.393 e. The first-order valence-corrected chi connectivity index (χ1v) is 7.52. The van der Waals surface area contributed by atoms with Gasteiger partial charge in [0, 0.05) is 17.8 Å². The van der Waals surface area contributed by atoms with Crippen LogP contribution in [-0.4, -0.2) is 23.3 Å². The predicted octanol–water partition coefficient (Wildman–Crippen LogP) is 3.48. The Morgan fingerprint density at radius 3 is 2.00 bits per heavy atom. The van der Waals surface area contributed by atoms with Crippen molar-refractivity contribution in [2.75, 3.05) is 4.90 Å². The number of nitrogens with zero attached hydrogens (tertiary/aromatic N) is 1. The van der Waals surface area contributed by atoms with Gasteiger partial charge in [0.2, 0.25) is 0 Å². The highest BCUT2D eigenvalue weighted by Gasteiger charge is 2.40. The summed E-state index contributed by atoms with van der Waals surface area (Å²) in [6.07, 6.45) is 4.28. The topological polar surface area (TPSA) is 23.5 Å². The van der Waals surface area contributed by atoms with Gasteiger partial charge in [-0.3, -0.25) is 0 Å². The molecule has 0 saturated carbocycles. The van der Waals surface area contributed by atoms with Crippen LogP contribution in [0.2, 0.25) is 0 Å². The molecular weight excluding hydrogens is 234 g/mol. The molecule has 2 unspecified atom stereocenters. The second-order valence-corrected chi connectivity index (χ2v) is 7.21. The van der Waals surface area contributed by atoms with Crippen molar-refractivity contribution < 1.29 is 5.11 Å². The van der Waals surface area contributed by atoms with Gasteiger partial charge in [-0.1, -0.05) is 32.9 Å². The van der Waals surface area contributed by atoms with Crippen LogP contribution in [0.15, 0.2) is 24.3 Å². The number of piperidine rings is 1. The molecule has 19 heavy (non-hydrogen) atoms. The van der Waals surface area contributed by atoms with Crippen LogP contribution in [0.25, 0.3) is 0 Å². The molecule has 2 bridgehead atoms. The highest BCUT2D eigenvalue weighted by Crippen LogP contribution is 2.39. The molecule has 0 radical (unpaired) electrons. The maximum atomic E-state index is 9.88. The first-order chi connectivity index (χ1) is 8.95. The van der Waals surface area contributed by atoms with Gasteiger partial charge in [0.15, 0.2) is 0 Å². The van der Waals surface area contributed by atoms with Gasteiger partial charge in [-0.15, -0.1) is 0 Å². The van der Waals surface area contributed by atoms with Crippen molar-refractivity contribution in [3.8, 4) is 0 Å². The van der Waals surface area contributed by atoms with Crippen molar-refractivity contribution in [2.24, 2.45) is 0 Å². The van der Waals surface area contributed by atoms with Crippen LogP contribution in [-0.2, 0) is 5.41 Å². The molecule has 3 rings (SSSR count). The van der Waals surface area contributed by atoms with Crippen LogP contribution in [0.1, 0.15) is 52.0 Å². The van der Waals surface area contributed by atoms with E-state index >= 15 is 0 Å². The number of hydrogen-bond donors (Lipinski definition) is 1. The highest BCUT2D eigenvalue weighted by molar-refractivity contribution is 5.52. The van der Waals surface area contributed by atoms with E-state index in [1.165, 1.54) is 24.1 Å². The van der Waals surface area contributed by atoms with Gasteiger partial charge in [-0.25, -0.2) is 0 Å². The van der Waals surface area contributed by atoms with Gasteiger partial charge in [0.1, 0.15) is 0 Å². The number of fused-ring (bicyclic) bond motifs is 2. The fraction of sp³-hybridized carbons (Fsp3) is 0.647. The van der Waals surface area contributed by atoms with Crippen LogP contribution in [0.3, 0.4) is 0 Å². The standard InChI is InChI=1S/C17H25NO/c1-17(2,3)12-4-6-13(7-5-12)18-14-8-9-15(18)11-16(19)10-14/h4-7,14-16,19H,8-11H2,1-3H3. The van der Waals surface area contributed by atoms with Gasteiger partial charge in [-0.2, -0.15) is 0 Å². The van der Waals surface area contributed by atoms with Gasteiger partial charge >= 0.3 is 0 Å². The maximum Gasteiger partial charge on any atom is 0.0579 e. The van der Waals surface area contributed by atoms with Crippen molar-refractivity contribution in [1.82, 2.24) is 0 Å². The van der Waals surface area contributed by atoms with Gasteiger partial charge in [0.25, 0.3) is 0 Å². The number of rotatable bonds is 1. The number of anilines is 1. The summed E-state index contributed by atoms with van der Waals surface area (Å²) >= 11 is 0. The van der Waals surface area contributed by atoms with Crippen LogP contribution in [0.5, 0.6) is 0 Å². The molecule has 2 heterocycles. The molecule has 0 spiro atoms. The summed E-state index contributed by atoms with van der Waals surface area (Å²) in [6, 6.07) is 10.2. The van der Waals surface area contributed by atoms with Gasteiger partial charge < -0.3 is 10.0 Å². The lowest BCUT2D eigenvalue weighted by molar-refractivity contribution is 0.126. The Labute approximate surface area is 116 Å². The first kappa shape index (κ1) is 13.0. The van der Waals surface area contributed by atoms with Crippen LogP contribution < -0.4 is 4.90 Å². The minimum absolute atomic E-state index is 0.0809. The zero-order valence-corrected chi connectivity index (χ0v) is 12.3. The molecule has 104 valence electrons. The lowest BCUT2D eigenvalue weighted by atomic mass is 9.87. The molecule has 2 aliphatic rings. The van der Waals surface area contributed by atoms with Gasteiger partial charge in [0.05, 0.1) is 6.10 Å². The summed E-state index contributed by atoms with van der Waals surface area (Å²) in [6.45, 7) is 6.76. The summed E-state index contributed by atoms with van der Waals surface area (Å²) in [5.41, 5.74) is 2.95. The first-order valence-electron chi connectivity index (χ1n) is 7.52. The maximum absolute atomic E-state index is 9.88. The Bertz CT molecular complexity index is 431. The van der Waals surface area contributed by atoms with Crippen molar-refractivity contribution in [1.29, 1.82) is 0 Å². The summed E-state index contributed by atoms with van der Waals surface area (Å²) in [7, 11) is 0. The van der Waals surface area contributed by atoms with E-state index in [4.69, 9.17) is 0 Å². The Balaban J connectivity index is 1.84. The normalized spacial score (nSPS) is 30.7. The minimum atomic E-state index is -0.0809. The summed E-state index contributed by atoms with van der Waals surface area (Å²) in [5, 5.41) is 9.88. The molecule has 2 aliphatic heterocycles. The van der Waals surface area contributed by atoms with Crippen molar-refractivity contribution in [3.05, 3.63) is 29.8 Å². The fourth-order valence-electron chi connectivity index (χ4n) is 3.70. The highest BCUT2D eigenvalue weighted by atomic mass is 16.3. The van der Waals surface area contributed by atoms with E-state index in [9.17, 15) is 5.11 Å². The van der Waals surface area contributed by atoms with E-state index in [0.29, 0.717) is 12.1 Å². The molecule has 2 fully saturated rings. The van der Waals surface area contributed by atoms with Crippen molar-refractivity contribution in [3.63, 3.8) is 0 Å². The van der Waals surface area contributed by atoms with E-state index in [-0.39, 0.29) is 11.5 Å². The molecule has 0 aromatic heterocycles. The Kier molecular flexibility index (Phi) is 3.09. The Morgan fingerprint density at radius 1 is 1.00 bits per heavy atom. The molecule has 2 saturated heterocycles. The lowest BCUT2D eigenvalue weighted by Gasteiger charge is -2.39. The van der Waals surface area contributed by atoms with E-state index < -0.39 is 0 Å². The number of aliphatic hydroxyl groups is 1. The lowest BCUT2D eigenvalue weighted by Crippen LogP contribution is -2.44. The van der Waals surface area contributed by atoms with Crippen molar-refractivity contribution in [2.45, 2.75) is 70.1 Å². The van der Waals surface area contributed by atoms with Crippen LogP contribution >= 0.6 is 0 Å². The molecule has 0 amide bonds. The van der Waals surface area contributed by atoms with E-state index in [0.717, 1.165) is 12.8 Å². The Hall–Kier alpha value is -1.02. The molecule has 1 N–H and O–H groups in total. The third-order valence-electron chi connectivity index (χ3n) is 4.74. The fourth-order valence-corrected chi connectivity index (χ4v) is 3.70. The van der Waals surface area contributed by atoms with E-state index in [2.05, 4.69) is 49.9 Å². The van der Waals surface area contributed by atoms with Crippen LogP contribution in [0, 0.1) is 0 Å². The smallest absolute Gasteiger partial charge is 0.0579 e. The molecule has 2 nitrogen and oxygen atoms in total. The molecule has 1 aromatic rings. The second kappa shape index (κ2) is 4.52. The number of aliphatic hydroxyl groups excluding tert-OH is 1. The van der Waals surface area contributed by atoms with Crippen LogP contribution in [0.4, 0.5) is 5.69 Å². The number of hydrogen-bond acceptors (Lipinski definition) is 2. The quantitative estimate of drug-likeness (QED) is 0.834. The zero-order valence-electron chi connectivity index (χ0n) is 12.3. The average molecular weight is 259 g/mol. The molecule has 2 heteroatoms. The summed E-state index contributed by atoms with van der Waals surface area (Å²) in [5.74, 6) is 0. The second-order valence-electron chi connectivity index (χ2n) is 7.21. The molecule has 0 aliphatic carbocycles. The predicted molar refractivity (Wildman–Crippen MR) is 79.7 cm³/mol. The monoisotopic (exact) mass is 259 g/mol. The average Bonchev–Trinajstić information content (AvgIpc) is 2.61.